The maximum Gasteiger partial charge on any atom is 0.256 e. The third-order valence-electron chi connectivity index (χ3n) is 7.30. The van der Waals surface area contributed by atoms with Crippen LogP contribution in [0.1, 0.15) is 52.6 Å². The lowest BCUT2D eigenvalue weighted by atomic mass is 10.0. The third kappa shape index (κ3) is 4.84. The molecule has 1 aliphatic carbocycles. The Kier molecular flexibility index (Phi) is 6.50. The minimum atomic E-state index is -0.690. The summed E-state index contributed by atoms with van der Waals surface area (Å²) in [4.78, 5) is 41.1. The number of ketones is 1. The van der Waals surface area contributed by atoms with E-state index in [-0.39, 0.29) is 40.4 Å². The lowest BCUT2D eigenvalue weighted by molar-refractivity contribution is 0.0843. The lowest BCUT2D eigenvalue weighted by Crippen LogP contribution is -2.46. The van der Waals surface area contributed by atoms with Gasteiger partial charge >= 0.3 is 0 Å². The van der Waals surface area contributed by atoms with Gasteiger partial charge in [0, 0.05) is 47.2 Å². The number of pyridine rings is 1. The van der Waals surface area contributed by atoms with E-state index < -0.39 is 17.2 Å². The van der Waals surface area contributed by atoms with Crippen molar-refractivity contribution >= 4 is 56.8 Å². The van der Waals surface area contributed by atoms with E-state index in [0.29, 0.717) is 47.8 Å². The number of carbonyl (C=O) groups excluding carboxylic acids is 2. The standard InChI is InChI=1S/C28H24Cl2FN3O4/c29-16-1-4-25-15(9-16)10-26(38-25)24(35)14-33-7-5-17(6-8-33)32-28(37)20-13-34(18-2-3-18)23-12-21(30)22(31)11-19(23)27(20)36/h1,4,9-13,17-18H,2-3,5-8,14H2,(H,32,37). The summed E-state index contributed by atoms with van der Waals surface area (Å²) in [6, 6.07) is 9.49. The van der Waals surface area contributed by atoms with Gasteiger partial charge in [0.2, 0.25) is 11.2 Å². The van der Waals surface area contributed by atoms with Crippen LogP contribution in [0.3, 0.4) is 0 Å². The second-order valence-corrected chi connectivity index (χ2v) is 10.9. The van der Waals surface area contributed by atoms with E-state index in [4.69, 9.17) is 27.6 Å². The van der Waals surface area contributed by atoms with Crippen molar-refractivity contribution in [2.75, 3.05) is 19.6 Å². The highest BCUT2D eigenvalue weighted by atomic mass is 35.5. The maximum absolute atomic E-state index is 14.2. The molecule has 6 rings (SSSR count). The molecule has 0 unspecified atom stereocenters. The second-order valence-electron chi connectivity index (χ2n) is 10.0. The summed E-state index contributed by atoms with van der Waals surface area (Å²) in [5.41, 5.74) is 0.624. The average molecular weight is 556 g/mol. The van der Waals surface area contributed by atoms with Gasteiger partial charge in [-0.25, -0.2) is 4.39 Å². The van der Waals surface area contributed by atoms with E-state index in [0.717, 1.165) is 24.3 Å². The van der Waals surface area contributed by atoms with Gasteiger partial charge in [0.15, 0.2) is 5.76 Å². The summed E-state index contributed by atoms with van der Waals surface area (Å²) < 4.78 is 21.7. The number of Topliss-reactive ketones (excluding diaryl/α,β-unsaturated/α-hetero) is 1. The highest BCUT2D eigenvalue weighted by molar-refractivity contribution is 6.31. The fraction of sp³-hybridized carbons (Fsp3) is 0.321. The molecular weight excluding hydrogens is 532 g/mol. The number of likely N-dealkylation sites (tertiary alicyclic amines) is 1. The third-order valence-corrected chi connectivity index (χ3v) is 7.83. The van der Waals surface area contributed by atoms with Crippen molar-refractivity contribution < 1.29 is 18.4 Å². The van der Waals surface area contributed by atoms with Gasteiger partial charge < -0.3 is 14.3 Å². The Balaban J connectivity index is 1.12. The zero-order valence-electron chi connectivity index (χ0n) is 20.3. The Hall–Kier alpha value is -3.20. The van der Waals surface area contributed by atoms with Crippen molar-refractivity contribution in [3.63, 3.8) is 0 Å². The zero-order chi connectivity index (χ0) is 26.6. The Morgan fingerprint density at radius 3 is 2.55 bits per heavy atom. The SMILES string of the molecule is O=C(CN1CCC(NC(=O)c2cn(C3CC3)c3cc(Cl)c(F)cc3c2=O)CC1)c1cc2cc(Cl)ccc2o1. The molecule has 0 bridgehead atoms. The van der Waals surface area contributed by atoms with Gasteiger partial charge in [-0.05, 0) is 62.1 Å². The number of rotatable bonds is 6. The number of piperidine rings is 1. The van der Waals surface area contributed by atoms with Crippen LogP contribution in [0.4, 0.5) is 4.39 Å². The van der Waals surface area contributed by atoms with Crippen molar-refractivity contribution in [3.05, 3.63) is 80.0 Å². The number of hydrogen-bond donors (Lipinski definition) is 1. The quantitative estimate of drug-likeness (QED) is 0.313. The summed E-state index contributed by atoms with van der Waals surface area (Å²) in [5, 5.41) is 4.41. The van der Waals surface area contributed by atoms with Crippen LogP contribution in [0.2, 0.25) is 10.0 Å². The minimum absolute atomic E-state index is 0.00582. The Morgan fingerprint density at radius 1 is 1.05 bits per heavy atom. The molecule has 0 atom stereocenters. The number of halogens is 3. The van der Waals surface area contributed by atoms with Gasteiger partial charge in [-0.15, -0.1) is 0 Å². The molecule has 0 radical (unpaired) electrons. The molecule has 4 aromatic rings. The Morgan fingerprint density at radius 2 is 1.82 bits per heavy atom. The van der Waals surface area contributed by atoms with E-state index in [1.807, 2.05) is 9.47 Å². The van der Waals surface area contributed by atoms with Crippen molar-refractivity contribution in [2.45, 2.75) is 37.8 Å². The van der Waals surface area contributed by atoms with Gasteiger partial charge in [0.05, 0.1) is 17.1 Å². The van der Waals surface area contributed by atoms with E-state index >= 15 is 0 Å². The molecule has 1 saturated heterocycles. The summed E-state index contributed by atoms with van der Waals surface area (Å²) in [7, 11) is 0. The van der Waals surface area contributed by atoms with Crippen LogP contribution >= 0.6 is 23.2 Å². The van der Waals surface area contributed by atoms with Crippen LogP contribution in [0.15, 0.2) is 51.8 Å². The first kappa shape index (κ1) is 25.1. The smallest absolute Gasteiger partial charge is 0.256 e. The van der Waals surface area contributed by atoms with Gasteiger partial charge in [-0.1, -0.05) is 23.2 Å². The number of furan rings is 1. The number of hydrogen-bond acceptors (Lipinski definition) is 5. The number of carbonyl (C=O) groups is 2. The molecule has 2 fully saturated rings. The number of amides is 1. The first-order chi connectivity index (χ1) is 18.3. The molecule has 2 aromatic carbocycles. The van der Waals surface area contributed by atoms with E-state index in [1.165, 1.54) is 6.07 Å². The predicted octanol–water partition coefficient (Wildman–Crippen LogP) is 5.61. The van der Waals surface area contributed by atoms with Crippen LogP contribution in [0.25, 0.3) is 21.9 Å². The number of nitrogens with one attached hydrogen (secondary N) is 1. The Labute approximate surface area is 227 Å². The fourth-order valence-corrected chi connectivity index (χ4v) is 5.43. The van der Waals surface area contributed by atoms with Gasteiger partial charge in [0.1, 0.15) is 17.0 Å². The van der Waals surface area contributed by atoms with Crippen molar-refractivity contribution in [1.29, 1.82) is 0 Å². The van der Waals surface area contributed by atoms with Crippen LogP contribution in [0, 0.1) is 5.82 Å². The summed E-state index contributed by atoms with van der Waals surface area (Å²) in [5.74, 6) is -0.996. The largest absolute Gasteiger partial charge is 0.453 e. The van der Waals surface area contributed by atoms with E-state index in [9.17, 15) is 18.8 Å². The first-order valence-corrected chi connectivity index (χ1v) is 13.3. The molecule has 1 amide bonds. The molecular formula is C28H24Cl2FN3O4. The molecule has 3 heterocycles. The maximum atomic E-state index is 14.2. The molecule has 2 aromatic heterocycles. The Bertz CT molecular complexity index is 1650. The van der Waals surface area contributed by atoms with E-state index in [2.05, 4.69) is 5.32 Å². The summed E-state index contributed by atoms with van der Waals surface area (Å²) in [6.45, 7) is 1.42. The highest BCUT2D eigenvalue weighted by Crippen LogP contribution is 2.37. The average Bonchev–Trinajstić information content (AvgIpc) is 3.64. The van der Waals surface area contributed by atoms with Crippen LogP contribution in [0.5, 0.6) is 0 Å². The molecule has 196 valence electrons. The topological polar surface area (TPSA) is 84.5 Å². The normalized spacial score (nSPS) is 16.8. The minimum Gasteiger partial charge on any atom is -0.453 e. The van der Waals surface area contributed by atoms with E-state index in [1.54, 1.807) is 30.5 Å². The van der Waals surface area contributed by atoms with Crippen molar-refractivity contribution in [3.8, 4) is 0 Å². The predicted molar refractivity (Wildman–Crippen MR) is 144 cm³/mol. The summed E-state index contributed by atoms with van der Waals surface area (Å²) >= 11 is 12.0. The monoisotopic (exact) mass is 555 g/mol. The lowest BCUT2D eigenvalue weighted by Gasteiger charge is -2.31. The number of aromatic nitrogens is 1. The zero-order valence-corrected chi connectivity index (χ0v) is 21.8. The van der Waals surface area contributed by atoms with Crippen LogP contribution < -0.4 is 10.7 Å². The molecule has 38 heavy (non-hydrogen) atoms. The van der Waals surface area contributed by atoms with Gasteiger partial charge in [-0.3, -0.25) is 19.3 Å². The van der Waals surface area contributed by atoms with Gasteiger partial charge in [0.25, 0.3) is 5.91 Å². The van der Waals surface area contributed by atoms with Crippen molar-refractivity contribution in [2.24, 2.45) is 0 Å². The first-order valence-electron chi connectivity index (χ1n) is 12.6. The molecule has 1 saturated carbocycles. The number of nitrogens with zero attached hydrogens (tertiary/aromatic N) is 2. The van der Waals surface area contributed by atoms with Crippen LogP contribution in [-0.4, -0.2) is 46.8 Å². The molecule has 7 nitrogen and oxygen atoms in total. The number of benzene rings is 2. The second kappa shape index (κ2) is 9.84. The fourth-order valence-electron chi connectivity index (χ4n) is 5.09. The van der Waals surface area contributed by atoms with Crippen LogP contribution in [-0.2, 0) is 0 Å². The molecule has 0 spiro atoms. The van der Waals surface area contributed by atoms with Crippen molar-refractivity contribution in [1.82, 2.24) is 14.8 Å². The molecule has 10 heteroatoms. The number of fused-ring (bicyclic) bond motifs is 2. The molecule has 1 N–H and O–H groups in total. The highest BCUT2D eigenvalue weighted by Gasteiger charge is 2.29. The molecule has 2 aliphatic rings. The molecule has 1 aliphatic heterocycles. The summed E-state index contributed by atoms with van der Waals surface area (Å²) in [6.07, 6.45) is 4.67. The van der Waals surface area contributed by atoms with Gasteiger partial charge in [-0.2, -0.15) is 0 Å².